The van der Waals surface area contributed by atoms with Crippen LogP contribution in [-0.4, -0.2) is 34.5 Å². The van der Waals surface area contributed by atoms with E-state index < -0.39 is 0 Å². The van der Waals surface area contributed by atoms with E-state index in [2.05, 4.69) is 17.4 Å². The second kappa shape index (κ2) is 8.44. The normalized spacial score (nSPS) is 10.7. The minimum Gasteiger partial charge on any atom is -0.360 e. The Hall–Kier alpha value is -1.85. The highest BCUT2D eigenvalue weighted by atomic mass is 16.5. The Morgan fingerprint density at radius 2 is 2.10 bits per heavy atom. The molecule has 1 N–H and O–H groups in total. The first-order valence-corrected chi connectivity index (χ1v) is 7.46. The smallest absolute Gasteiger partial charge is 0.245 e. The van der Waals surface area contributed by atoms with Crippen molar-refractivity contribution >= 4 is 17.6 Å². The van der Waals surface area contributed by atoms with Crippen molar-refractivity contribution in [3.63, 3.8) is 0 Å². The highest BCUT2D eigenvalue weighted by Gasteiger charge is 2.20. The molecule has 0 unspecified atom stereocenters. The van der Waals surface area contributed by atoms with Gasteiger partial charge in [-0.15, -0.1) is 0 Å². The summed E-state index contributed by atoms with van der Waals surface area (Å²) in [6, 6.07) is 1.63. The van der Waals surface area contributed by atoms with Gasteiger partial charge in [-0.05, 0) is 27.2 Å². The van der Waals surface area contributed by atoms with Crippen LogP contribution in [0, 0.1) is 6.92 Å². The Labute approximate surface area is 125 Å². The van der Waals surface area contributed by atoms with E-state index >= 15 is 0 Å². The van der Waals surface area contributed by atoms with Gasteiger partial charge in [0.25, 0.3) is 0 Å². The van der Waals surface area contributed by atoms with Crippen molar-refractivity contribution < 1.29 is 14.1 Å². The van der Waals surface area contributed by atoms with Gasteiger partial charge in [-0.1, -0.05) is 24.9 Å². The number of unbranched alkanes of at least 4 members (excludes halogenated alkanes) is 2. The van der Waals surface area contributed by atoms with Gasteiger partial charge in [0, 0.05) is 18.5 Å². The minimum atomic E-state index is -0.263. The number of carbonyl (C=O) groups excluding carboxylic acids is 2. The quantitative estimate of drug-likeness (QED) is 0.748. The first-order valence-electron chi connectivity index (χ1n) is 7.46. The molecule has 0 atom stereocenters. The summed E-state index contributed by atoms with van der Waals surface area (Å²) in [5.74, 6) is 0.757. The second-order valence-corrected chi connectivity index (χ2v) is 5.44. The number of hydrogen-bond acceptors (Lipinski definition) is 4. The van der Waals surface area contributed by atoms with E-state index in [9.17, 15) is 9.59 Å². The van der Waals surface area contributed by atoms with Crippen molar-refractivity contribution in [1.29, 1.82) is 0 Å². The average molecular weight is 295 g/mol. The van der Waals surface area contributed by atoms with Gasteiger partial charge in [0.2, 0.25) is 11.8 Å². The van der Waals surface area contributed by atoms with E-state index in [1.165, 1.54) is 0 Å². The van der Waals surface area contributed by atoms with Crippen LogP contribution in [0.1, 0.15) is 52.2 Å². The number of amides is 2. The number of nitrogens with one attached hydrogen (secondary N) is 1. The molecule has 0 aliphatic rings. The molecule has 0 saturated carbocycles. The Balaban J connectivity index is 2.53. The Kier molecular flexibility index (Phi) is 6.91. The molecule has 6 heteroatoms. The maximum Gasteiger partial charge on any atom is 0.245 e. The lowest BCUT2D eigenvalue weighted by molar-refractivity contribution is -0.136. The molecule has 118 valence electrons. The summed E-state index contributed by atoms with van der Waals surface area (Å²) in [5.41, 5.74) is 0. The molecular weight excluding hydrogens is 270 g/mol. The lowest BCUT2D eigenvalue weighted by atomic mass is 10.1. The van der Waals surface area contributed by atoms with Gasteiger partial charge in [-0.2, -0.15) is 0 Å². The summed E-state index contributed by atoms with van der Waals surface area (Å²) in [7, 11) is 0. The number of aryl methyl sites for hydroxylation is 1. The lowest BCUT2D eigenvalue weighted by Crippen LogP contribution is -2.42. The molecule has 21 heavy (non-hydrogen) atoms. The van der Waals surface area contributed by atoms with Crippen LogP contribution >= 0.6 is 0 Å². The van der Waals surface area contributed by atoms with E-state index in [1.807, 2.05) is 13.8 Å². The maximum atomic E-state index is 12.2. The Morgan fingerprint density at radius 1 is 1.38 bits per heavy atom. The topological polar surface area (TPSA) is 75.4 Å². The van der Waals surface area contributed by atoms with Gasteiger partial charge < -0.3 is 14.7 Å². The number of aromatic nitrogens is 1. The van der Waals surface area contributed by atoms with Crippen molar-refractivity contribution in [2.45, 2.75) is 59.4 Å². The van der Waals surface area contributed by atoms with Crippen LogP contribution in [0.15, 0.2) is 10.6 Å². The number of hydrogen-bond donors (Lipinski definition) is 1. The van der Waals surface area contributed by atoms with Crippen LogP contribution in [0.2, 0.25) is 0 Å². The molecule has 0 aromatic carbocycles. The van der Waals surface area contributed by atoms with Crippen LogP contribution in [0.5, 0.6) is 0 Å². The van der Waals surface area contributed by atoms with Crippen LogP contribution < -0.4 is 5.32 Å². The van der Waals surface area contributed by atoms with Crippen molar-refractivity contribution in [3.8, 4) is 0 Å². The molecule has 1 rings (SSSR count). The molecule has 1 heterocycles. The van der Waals surface area contributed by atoms with Gasteiger partial charge in [-0.3, -0.25) is 9.59 Å². The molecule has 1 aromatic heterocycles. The molecule has 0 fully saturated rings. The third-order valence-electron chi connectivity index (χ3n) is 3.15. The first-order chi connectivity index (χ1) is 9.93. The molecule has 0 bridgehead atoms. The fourth-order valence-electron chi connectivity index (χ4n) is 1.99. The predicted octanol–water partition coefficient (Wildman–Crippen LogP) is 2.74. The highest BCUT2D eigenvalue weighted by molar-refractivity contribution is 5.93. The summed E-state index contributed by atoms with van der Waals surface area (Å²) < 4.78 is 4.89. The first kappa shape index (κ1) is 17.2. The molecule has 0 spiro atoms. The van der Waals surface area contributed by atoms with Crippen LogP contribution in [0.25, 0.3) is 0 Å². The number of nitrogens with zero attached hydrogens (tertiary/aromatic N) is 2. The summed E-state index contributed by atoms with van der Waals surface area (Å²) in [5, 5.41) is 6.34. The maximum absolute atomic E-state index is 12.2. The summed E-state index contributed by atoms with van der Waals surface area (Å²) in [6.45, 7) is 7.70. The zero-order valence-electron chi connectivity index (χ0n) is 13.3. The number of rotatable bonds is 8. The molecule has 0 aliphatic heterocycles. The molecule has 0 aliphatic carbocycles. The van der Waals surface area contributed by atoms with Gasteiger partial charge >= 0.3 is 0 Å². The summed E-state index contributed by atoms with van der Waals surface area (Å²) in [6.07, 6.45) is 3.45. The molecule has 2 amide bonds. The summed E-state index contributed by atoms with van der Waals surface area (Å²) >= 11 is 0. The van der Waals surface area contributed by atoms with Gasteiger partial charge in [0.1, 0.15) is 12.3 Å². The largest absolute Gasteiger partial charge is 0.360 e. The summed E-state index contributed by atoms with van der Waals surface area (Å²) in [4.78, 5) is 25.7. The molecule has 1 aromatic rings. The Bertz CT molecular complexity index is 468. The van der Waals surface area contributed by atoms with Crippen LogP contribution in [-0.2, 0) is 9.59 Å². The van der Waals surface area contributed by atoms with Crippen molar-refractivity contribution in [2.75, 3.05) is 11.9 Å². The zero-order valence-corrected chi connectivity index (χ0v) is 13.3. The predicted molar refractivity (Wildman–Crippen MR) is 80.9 cm³/mol. The van der Waals surface area contributed by atoms with Crippen molar-refractivity contribution in [3.05, 3.63) is 11.8 Å². The standard InChI is InChI=1S/C15H25N3O3/c1-5-6-7-8-15(20)18(11(2)3)10-14(19)16-13-9-12(4)21-17-13/h9,11H,5-8,10H2,1-4H3,(H,16,17,19). The molecule has 0 saturated heterocycles. The highest BCUT2D eigenvalue weighted by Crippen LogP contribution is 2.09. The fourth-order valence-corrected chi connectivity index (χ4v) is 1.99. The van der Waals surface area contributed by atoms with Crippen LogP contribution in [0.3, 0.4) is 0 Å². The van der Waals surface area contributed by atoms with E-state index in [4.69, 9.17) is 4.52 Å². The molecular formula is C15H25N3O3. The monoisotopic (exact) mass is 295 g/mol. The van der Waals surface area contributed by atoms with Crippen molar-refractivity contribution in [1.82, 2.24) is 10.1 Å². The minimum absolute atomic E-state index is 0.0103. The van der Waals surface area contributed by atoms with Crippen LogP contribution in [0.4, 0.5) is 5.82 Å². The van der Waals surface area contributed by atoms with Crippen molar-refractivity contribution in [2.24, 2.45) is 0 Å². The fraction of sp³-hybridized carbons (Fsp3) is 0.667. The second-order valence-electron chi connectivity index (χ2n) is 5.44. The van der Waals surface area contributed by atoms with E-state index in [0.717, 1.165) is 19.3 Å². The molecule has 0 radical (unpaired) electrons. The van der Waals surface area contributed by atoms with E-state index in [1.54, 1.807) is 17.9 Å². The number of anilines is 1. The SMILES string of the molecule is CCCCCC(=O)N(CC(=O)Nc1cc(C)on1)C(C)C. The zero-order chi connectivity index (χ0) is 15.8. The van der Waals surface area contributed by atoms with E-state index in [-0.39, 0.29) is 24.4 Å². The lowest BCUT2D eigenvalue weighted by Gasteiger charge is -2.26. The third-order valence-corrected chi connectivity index (χ3v) is 3.15. The molecule has 6 nitrogen and oxygen atoms in total. The number of carbonyl (C=O) groups is 2. The average Bonchev–Trinajstić information content (AvgIpc) is 2.81. The Morgan fingerprint density at radius 3 is 2.62 bits per heavy atom. The van der Waals surface area contributed by atoms with Gasteiger partial charge in [0.15, 0.2) is 5.82 Å². The third kappa shape index (κ3) is 5.97. The van der Waals surface area contributed by atoms with Gasteiger partial charge in [-0.25, -0.2) is 0 Å². The van der Waals surface area contributed by atoms with Gasteiger partial charge in [0.05, 0.1) is 0 Å². The van der Waals surface area contributed by atoms with E-state index in [0.29, 0.717) is 18.0 Å².